The van der Waals surface area contributed by atoms with Gasteiger partial charge in [0.15, 0.2) is 5.16 Å². The zero-order valence-electron chi connectivity index (χ0n) is 8.88. The molecule has 0 fully saturated rings. The molecule has 1 aromatic heterocycles. The molecule has 2 nitrogen and oxygen atoms in total. The topological polar surface area (TPSA) is 25.8 Å². The van der Waals surface area contributed by atoms with Crippen molar-refractivity contribution in [3.8, 4) is 0 Å². The highest BCUT2D eigenvalue weighted by molar-refractivity contribution is 8.00. The SMILES string of the molecule is Cc1cnc(SC(C)(C)C)nc1C. The molecule has 0 aliphatic heterocycles. The summed E-state index contributed by atoms with van der Waals surface area (Å²) in [5.41, 5.74) is 2.22. The first kappa shape index (κ1) is 10.5. The second-order valence-electron chi connectivity index (χ2n) is 4.14. The van der Waals surface area contributed by atoms with E-state index < -0.39 is 0 Å². The molecule has 0 amide bonds. The largest absolute Gasteiger partial charge is 0.231 e. The second-order valence-corrected chi connectivity index (χ2v) is 5.93. The Morgan fingerprint density at radius 1 is 1.23 bits per heavy atom. The first-order valence-electron chi connectivity index (χ1n) is 4.38. The first-order valence-corrected chi connectivity index (χ1v) is 5.19. The summed E-state index contributed by atoms with van der Waals surface area (Å²) >= 11 is 1.70. The smallest absolute Gasteiger partial charge is 0.188 e. The predicted octanol–water partition coefficient (Wildman–Crippen LogP) is 2.98. The molecule has 0 spiro atoms. The van der Waals surface area contributed by atoms with Crippen LogP contribution in [0.1, 0.15) is 32.0 Å². The molecule has 0 saturated heterocycles. The van der Waals surface area contributed by atoms with E-state index in [1.54, 1.807) is 11.8 Å². The van der Waals surface area contributed by atoms with Gasteiger partial charge in [-0.15, -0.1) is 0 Å². The Bertz CT molecular complexity index is 302. The lowest BCUT2D eigenvalue weighted by Gasteiger charge is -2.16. The van der Waals surface area contributed by atoms with E-state index in [1.807, 2.05) is 20.0 Å². The minimum Gasteiger partial charge on any atom is -0.231 e. The summed E-state index contributed by atoms with van der Waals surface area (Å²) in [6.07, 6.45) is 1.89. The lowest BCUT2D eigenvalue weighted by Crippen LogP contribution is -2.08. The highest BCUT2D eigenvalue weighted by atomic mass is 32.2. The van der Waals surface area contributed by atoms with E-state index in [9.17, 15) is 0 Å². The molecular weight excluding hydrogens is 180 g/mol. The van der Waals surface area contributed by atoms with Gasteiger partial charge < -0.3 is 0 Å². The van der Waals surface area contributed by atoms with Crippen LogP contribution >= 0.6 is 11.8 Å². The third-order valence-electron chi connectivity index (χ3n) is 1.60. The zero-order chi connectivity index (χ0) is 10.1. The fourth-order valence-corrected chi connectivity index (χ4v) is 1.66. The summed E-state index contributed by atoms with van der Waals surface area (Å²) in [7, 11) is 0. The molecule has 0 aliphatic carbocycles. The van der Waals surface area contributed by atoms with Crippen LogP contribution in [0, 0.1) is 13.8 Å². The number of hydrogen-bond acceptors (Lipinski definition) is 3. The van der Waals surface area contributed by atoms with Crippen molar-refractivity contribution >= 4 is 11.8 Å². The maximum Gasteiger partial charge on any atom is 0.188 e. The van der Waals surface area contributed by atoms with Gasteiger partial charge in [-0.3, -0.25) is 0 Å². The van der Waals surface area contributed by atoms with Gasteiger partial charge in [-0.1, -0.05) is 32.5 Å². The van der Waals surface area contributed by atoms with Crippen molar-refractivity contribution in [2.24, 2.45) is 0 Å². The van der Waals surface area contributed by atoms with Crippen LogP contribution in [-0.4, -0.2) is 14.7 Å². The van der Waals surface area contributed by atoms with Crippen LogP contribution in [0.25, 0.3) is 0 Å². The van der Waals surface area contributed by atoms with Crippen LogP contribution in [-0.2, 0) is 0 Å². The molecule has 0 unspecified atom stereocenters. The minimum absolute atomic E-state index is 0.182. The van der Waals surface area contributed by atoms with E-state index in [2.05, 4.69) is 30.7 Å². The Kier molecular flexibility index (Phi) is 2.96. The number of thioether (sulfide) groups is 1. The molecular formula is C10H16N2S. The quantitative estimate of drug-likeness (QED) is 0.510. The van der Waals surface area contributed by atoms with E-state index in [-0.39, 0.29) is 4.75 Å². The Morgan fingerprint density at radius 3 is 2.31 bits per heavy atom. The first-order chi connectivity index (χ1) is 5.88. The molecule has 1 aromatic rings. The van der Waals surface area contributed by atoms with Crippen LogP contribution in [0.4, 0.5) is 0 Å². The average Bonchev–Trinajstić information content (AvgIpc) is 1.94. The summed E-state index contributed by atoms with van der Waals surface area (Å²) in [5, 5.41) is 0.871. The van der Waals surface area contributed by atoms with E-state index in [1.165, 1.54) is 0 Å². The standard InChI is InChI=1S/C10H16N2S/c1-7-6-11-9(12-8(7)2)13-10(3,4)5/h6H,1-5H3. The molecule has 0 aliphatic rings. The molecule has 13 heavy (non-hydrogen) atoms. The molecule has 0 N–H and O–H groups in total. The van der Waals surface area contributed by atoms with Crippen molar-refractivity contribution in [1.82, 2.24) is 9.97 Å². The van der Waals surface area contributed by atoms with Gasteiger partial charge in [-0.2, -0.15) is 0 Å². The summed E-state index contributed by atoms with van der Waals surface area (Å²) < 4.78 is 0.182. The van der Waals surface area contributed by atoms with Gasteiger partial charge >= 0.3 is 0 Å². The number of hydrogen-bond donors (Lipinski definition) is 0. The van der Waals surface area contributed by atoms with Crippen LogP contribution in [0.2, 0.25) is 0 Å². The van der Waals surface area contributed by atoms with Crippen molar-refractivity contribution in [2.75, 3.05) is 0 Å². The lowest BCUT2D eigenvalue weighted by molar-refractivity contribution is 0.788. The van der Waals surface area contributed by atoms with Crippen molar-refractivity contribution in [3.05, 3.63) is 17.5 Å². The maximum atomic E-state index is 4.41. The maximum absolute atomic E-state index is 4.41. The lowest BCUT2D eigenvalue weighted by atomic mass is 10.3. The third kappa shape index (κ3) is 3.35. The highest BCUT2D eigenvalue weighted by Crippen LogP contribution is 2.28. The fraction of sp³-hybridized carbons (Fsp3) is 0.600. The van der Waals surface area contributed by atoms with Crippen molar-refractivity contribution < 1.29 is 0 Å². The predicted molar refractivity (Wildman–Crippen MR) is 57.1 cm³/mol. The zero-order valence-corrected chi connectivity index (χ0v) is 9.70. The number of nitrogens with zero attached hydrogens (tertiary/aromatic N) is 2. The monoisotopic (exact) mass is 196 g/mol. The van der Waals surface area contributed by atoms with Gasteiger partial charge in [0.25, 0.3) is 0 Å². The average molecular weight is 196 g/mol. The Labute approximate surface area is 84.2 Å². The molecule has 0 atom stereocenters. The Morgan fingerprint density at radius 2 is 1.85 bits per heavy atom. The number of aromatic nitrogens is 2. The fourth-order valence-electron chi connectivity index (χ4n) is 0.829. The van der Waals surface area contributed by atoms with Crippen molar-refractivity contribution in [2.45, 2.75) is 44.5 Å². The van der Waals surface area contributed by atoms with E-state index in [0.29, 0.717) is 0 Å². The third-order valence-corrected chi connectivity index (χ3v) is 2.59. The van der Waals surface area contributed by atoms with Crippen LogP contribution < -0.4 is 0 Å². The summed E-state index contributed by atoms with van der Waals surface area (Å²) in [6, 6.07) is 0. The molecule has 72 valence electrons. The van der Waals surface area contributed by atoms with E-state index in [0.717, 1.165) is 16.4 Å². The molecule has 0 radical (unpaired) electrons. The summed E-state index contributed by atoms with van der Waals surface area (Å²) in [4.78, 5) is 8.69. The Balaban J connectivity index is 2.86. The molecule has 0 aromatic carbocycles. The van der Waals surface area contributed by atoms with E-state index in [4.69, 9.17) is 0 Å². The van der Waals surface area contributed by atoms with Gasteiger partial charge in [-0.25, -0.2) is 9.97 Å². The minimum atomic E-state index is 0.182. The summed E-state index contributed by atoms with van der Waals surface area (Å²) in [5.74, 6) is 0. The molecule has 0 saturated carbocycles. The van der Waals surface area contributed by atoms with Crippen molar-refractivity contribution in [3.63, 3.8) is 0 Å². The van der Waals surface area contributed by atoms with Crippen LogP contribution in [0.15, 0.2) is 11.4 Å². The van der Waals surface area contributed by atoms with Gasteiger partial charge in [-0.05, 0) is 19.4 Å². The van der Waals surface area contributed by atoms with E-state index >= 15 is 0 Å². The normalized spacial score (nSPS) is 11.8. The molecule has 0 bridgehead atoms. The van der Waals surface area contributed by atoms with Gasteiger partial charge in [0.2, 0.25) is 0 Å². The van der Waals surface area contributed by atoms with Gasteiger partial charge in [0.05, 0.1) is 0 Å². The number of rotatable bonds is 1. The molecule has 1 rings (SSSR count). The summed E-state index contributed by atoms with van der Waals surface area (Å²) in [6.45, 7) is 10.5. The van der Waals surface area contributed by atoms with Crippen LogP contribution in [0.3, 0.4) is 0 Å². The molecule has 3 heteroatoms. The highest BCUT2D eigenvalue weighted by Gasteiger charge is 2.14. The van der Waals surface area contributed by atoms with Gasteiger partial charge in [0, 0.05) is 16.6 Å². The molecule has 1 heterocycles. The number of aryl methyl sites for hydroxylation is 2. The van der Waals surface area contributed by atoms with Crippen molar-refractivity contribution in [1.29, 1.82) is 0 Å². The Hall–Kier alpha value is -0.570. The van der Waals surface area contributed by atoms with Gasteiger partial charge in [0.1, 0.15) is 0 Å². The van der Waals surface area contributed by atoms with Crippen LogP contribution in [0.5, 0.6) is 0 Å². The second kappa shape index (κ2) is 3.66.